The van der Waals surface area contributed by atoms with E-state index in [9.17, 15) is 9.90 Å². The predicted octanol–water partition coefficient (Wildman–Crippen LogP) is 2.92. The van der Waals surface area contributed by atoms with Crippen LogP contribution in [0.1, 0.15) is 58.3 Å². The zero-order valence-corrected chi connectivity index (χ0v) is 13.9. The Morgan fingerprint density at radius 2 is 1.52 bits per heavy atom. The Balaban J connectivity index is 3.61. The van der Waals surface area contributed by atoms with Gasteiger partial charge in [-0.2, -0.15) is 0 Å². The fraction of sp³-hybridized carbons (Fsp3) is 0.611. The minimum absolute atomic E-state index is 0.0526. The molecular formula is C18H30O5. The molecule has 1 atom stereocenters. The van der Waals surface area contributed by atoms with Gasteiger partial charge in [0.2, 0.25) is 0 Å². The van der Waals surface area contributed by atoms with Crippen molar-refractivity contribution in [3.63, 3.8) is 0 Å². The van der Waals surface area contributed by atoms with Crippen LogP contribution in [0.25, 0.3) is 0 Å². The van der Waals surface area contributed by atoms with Crippen molar-refractivity contribution in [2.75, 3.05) is 0 Å². The number of hydrogen-bond donors (Lipinski definition) is 4. The number of allylic oxidation sites excluding steroid dienone is 6. The first-order chi connectivity index (χ1) is 10.9. The predicted molar refractivity (Wildman–Crippen MR) is 90.8 cm³/mol. The maximum Gasteiger partial charge on any atom is 0.366 e. The molecule has 4 N–H and O–H groups in total. The molecule has 1 unspecified atom stereocenters. The summed E-state index contributed by atoms with van der Waals surface area (Å²) in [5.41, 5.74) is 0. The monoisotopic (exact) mass is 326 g/mol. The topological polar surface area (TPSA) is 98.0 Å². The Bertz CT molecular complexity index is 396. The summed E-state index contributed by atoms with van der Waals surface area (Å²) >= 11 is 0. The molecule has 0 aliphatic rings. The fourth-order valence-corrected chi connectivity index (χ4v) is 1.95. The van der Waals surface area contributed by atoms with Crippen LogP contribution in [0.2, 0.25) is 0 Å². The van der Waals surface area contributed by atoms with Gasteiger partial charge in [-0.25, -0.2) is 4.79 Å². The normalized spacial score (nSPS) is 14.3. The van der Waals surface area contributed by atoms with Gasteiger partial charge in [0.25, 0.3) is 5.79 Å². The highest BCUT2D eigenvalue weighted by Crippen LogP contribution is 2.15. The second-order valence-electron chi connectivity index (χ2n) is 5.48. The van der Waals surface area contributed by atoms with E-state index >= 15 is 0 Å². The maximum atomic E-state index is 10.5. The summed E-state index contributed by atoms with van der Waals surface area (Å²) in [7, 11) is 0. The molecule has 5 heteroatoms. The highest BCUT2D eigenvalue weighted by Gasteiger charge is 2.41. The van der Waals surface area contributed by atoms with Crippen LogP contribution in [0, 0.1) is 0 Å². The van der Waals surface area contributed by atoms with Gasteiger partial charge in [-0.1, -0.05) is 56.2 Å². The van der Waals surface area contributed by atoms with Crippen molar-refractivity contribution in [1.82, 2.24) is 0 Å². The first kappa shape index (κ1) is 21.6. The zero-order chi connectivity index (χ0) is 17.6. The average molecular weight is 326 g/mol. The smallest absolute Gasteiger partial charge is 0.366 e. The summed E-state index contributed by atoms with van der Waals surface area (Å²) in [6, 6.07) is 0. The second-order valence-corrected chi connectivity index (χ2v) is 5.48. The molecule has 0 aromatic heterocycles. The van der Waals surface area contributed by atoms with Crippen LogP contribution in [-0.4, -0.2) is 38.3 Å². The van der Waals surface area contributed by atoms with E-state index in [-0.39, 0.29) is 6.42 Å². The number of aliphatic hydroxyl groups excluding tert-OH is 1. The minimum atomic E-state index is -3.06. The van der Waals surface area contributed by atoms with E-state index in [0.717, 1.165) is 38.5 Å². The molecule has 0 saturated heterocycles. The zero-order valence-electron chi connectivity index (χ0n) is 13.9. The first-order valence-corrected chi connectivity index (χ1v) is 8.24. The third-order valence-electron chi connectivity index (χ3n) is 3.41. The highest BCUT2D eigenvalue weighted by molar-refractivity contribution is 5.75. The van der Waals surface area contributed by atoms with Crippen molar-refractivity contribution < 1.29 is 25.2 Å². The Morgan fingerprint density at radius 1 is 0.957 bits per heavy atom. The first-order valence-electron chi connectivity index (χ1n) is 8.24. The van der Waals surface area contributed by atoms with E-state index in [1.165, 1.54) is 0 Å². The molecule has 0 fully saturated rings. The summed E-state index contributed by atoms with van der Waals surface area (Å²) < 4.78 is 0. The molecule has 0 bridgehead atoms. The van der Waals surface area contributed by atoms with Gasteiger partial charge in [0, 0.05) is 0 Å². The number of carboxylic acid groups (broad SMARTS) is 1. The number of carboxylic acids is 1. The number of hydrogen-bond acceptors (Lipinski definition) is 4. The lowest BCUT2D eigenvalue weighted by molar-refractivity contribution is -0.237. The van der Waals surface area contributed by atoms with Crippen molar-refractivity contribution in [2.45, 2.75) is 70.2 Å². The SMILES string of the molecule is CC/C=C\C/C=C\C/C=C\CCCCCC(O)C(O)(O)C(=O)O. The third kappa shape index (κ3) is 10.8. The van der Waals surface area contributed by atoms with Gasteiger partial charge >= 0.3 is 5.97 Å². The Kier molecular flexibility index (Phi) is 12.2. The van der Waals surface area contributed by atoms with Gasteiger partial charge in [0.1, 0.15) is 6.10 Å². The van der Waals surface area contributed by atoms with E-state index in [1.807, 2.05) is 0 Å². The molecule has 0 aliphatic carbocycles. The van der Waals surface area contributed by atoms with E-state index in [2.05, 4.69) is 43.4 Å². The number of unbranched alkanes of at least 4 members (excludes halogenated alkanes) is 3. The molecule has 23 heavy (non-hydrogen) atoms. The van der Waals surface area contributed by atoms with Crippen LogP contribution >= 0.6 is 0 Å². The number of aliphatic carboxylic acids is 1. The Labute approximate surface area is 138 Å². The van der Waals surface area contributed by atoms with E-state index in [1.54, 1.807) is 0 Å². The molecule has 0 spiro atoms. The molecule has 0 amide bonds. The number of rotatable bonds is 13. The molecule has 5 nitrogen and oxygen atoms in total. The standard InChI is InChI=1S/C18H30O5/c1-2-3-4-5-6-7-8-9-10-11-12-13-14-15-16(19)18(22,23)17(20)21/h3-4,6-7,9-10,16,19,22-23H,2,5,8,11-15H2,1H3,(H,20,21)/b4-3-,7-6-,10-9-. The third-order valence-corrected chi connectivity index (χ3v) is 3.41. The van der Waals surface area contributed by atoms with Crippen LogP contribution in [-0.2, 0) is 4.79 Å². The van der Waals surface area contributed by atoms with Crippen LogP contribution < -0.4 is 0 Å². The molecule has 0 aromatic rings. The summed E-state index contributed by atoms with van der Waals surface area (Å²) in [6.45, 7) is 2.11. The van der Waals surface area contributed by atoms with Crippen LogP contribution in [0.3, 0.4) is 0 Å². The van der Waals surface area contributed by atoms with Crippen molar-refractivity contribution >= 4 is 5.97 Å². The molecule has 0 radical (unpaired) electrons. The summed E-state index contributed by atoms with van der Waals surface area (Å²) in [5, 5.41) is 36.2. The number of aliphatic hydroxyl groups is 3. The largest absolute Gasteiger partial charge is 0.477 e. The van der Waals surface area contributed by atoms with Gasteiger partial charge < -0.3 is 20.4 Å². The van der Waals surface area contributed by atoms with Crippen LogP contribution in [0.5, 0.6) is 0 Å². The molecule has 0 saturated carbocycles. The summed E-state index contributed by atoms with van der Waals surface area (Å²) in [6.07, 6.45) is 17.3. The van der Waals surface area contributed by atoms with E-state index < -0.39 is 17.9 Å². The van der Waals surface area contributed by atoms with Crippen molar-refractivity contribution in [3.05, 3.63) is 36.5 Å². The molecule has 0 aromatic carbocycles. The molecule has 132 valence electrons. The second kappa shape index (κ2) is 13.0. The van der Waals surface area contributed by atoms with Crippen molar-refractivity contribution in [2.24, 2.45) is 0 Å². The molecule has 0 rings (SSSR count). The van der Waals surface area contributed by atoms with Gasteiger partial charge in [0.05, 0.1) is 0 Å². The lowest BCUT2D eigenvalue weighted by Crippen LogP contribution is -2.49. The van der Waals surface area contributed by atoms with E-state index in [4.69, 9.17) is 15.3 Å². The molecule has 0 heterocycles. The number of carbonyl (C=O) groups is 1. The summed E-state index contributed by atoms with van der Waals surface area (Å²) in [5.74, 6) is -4.88. The van der Waals surface area contributed by atoms with Gasteiger partial charge in [-0.15, -0.1) is 0 Å². The molecule has 0 aliphatic heterocycles. The minimum Gasteiger partial charge on any atom is -0.477 e. The average Bonchev–Trinajstić information content (AvgIpc) is 2.51. The van der Waals surface area contributed by atoms with Crippen molar-refractivity contribution in [3.8, 4) is 0 Å². The lowest BCUT2D eigenvalue weighted by atomic mass is 10.0. The van der Waals surface area contributed by atoms with Gasteiger partial charge in [0.15, 0.2) is 0 Å². The van der Waals surface area contributed by atoms with E-state index in [0.29, 0.717) is 6.42 Å². The lowest BCUT2D eigenvalue weighted by Gasteiger charge is -2.22. The molecular weight excluding hydrogens is 296 g/mol. The van der Waals surface area contributed by atoms with Gasteiger partial charge in [-0.05, 0) is 38.5 Å². The van der Waals surface area contributed by atoms with Crippen LogP contribution in [0.4, 0.5) is 0 Å². The Hall–Kier alpha value is -1.43. The van der Waals surface area contributed by atoms with Crippen LogP contribution in [0.15, 0.2) is 36.5 Å². The van der Waals surface area contributed by atoms with Crippen molar-refractivity contribution in [1.29, 1.82) is 0 Å². The van der Waals surface area contributed by atoms with Gasteiger partial charge in [-0.3, -0.25) is 0 Å². The highest BCUT2D eigenvalue weighted by atomic mass is 16.6. The maximum absolute atomic E-state index is 10.5. The summed E-state index contributed by atoms with van der Waals surface area (Å²) in [4.78, 5) is 10.5. The Morgan fingerprint density at radius 3 is 2.09 bits per heavy atom. The quantitative estimate of drug-likeness (QED) is 0.237. The fourth-order valence-electron chi connectivity index (χ4n) is 1.95.